The van der Waals surface area contributed by atoms with Gasteiger partial charge in [-0.25, -0.2) is 0 Å². The number of anilines is 2. The molecule has 84 valence electrons. The number of nitrogens with two attached hydrogens (primary N) is 2. The van der Waals surface area contributed by atoms with E-state index in [1.165, 1.54) is 0 Å². The van der Waals surface area contributed by atoms with Crippen molar-refractivity contribution in [2.24, 2.45) is 0 Å². The molecule has 0 radical (unpaired) electrons. The predicted molar refractivity (Wildman–Crippen MR) is 64.5 cm³/mol. The molecule has 0 saturated carbocycles. The molecule has 1 aromatic rings. The first-order chi connectivity index (χ1) is 7.19. The van der Waals surface area contributed by atoms with Crippen LogP contribution >= 0.6 is 0 Å². The zero-order valence-electron chi connectivity index (χ0n) is 9.49. The van der Waals surface area contributed by atoms with Gasteiger partial charge in [-0.05, 0) is 25.5 Å². The second kappa shape index (κ2) is 5.61. The first-order valence-corrected chi connectivity index (χ1v) is 5.45. The van der Waals surface area contributed by atoms with Gasteiger partial charge in [0.25, 0.3) is 0 Å². The normalized spacial score (nSPS) is 12.7. The van der Waals surface area contributed by atoms with Crippen LogP contribution in [0.5, 0.6) is 0 Å². The SMILES string of the molecule is CCCC(OCC)c1ccc(N)cc1N. The molecule has 1 aromatic carbocycles. The van der Waals surface area contributed by atoms with Gasteiger partial charge in [-0.2, -0.15) is 0 Å². The molecule has 0 spiro atoms. The molecule has 0 heterocycles. The Morgan fingerprint density at radius 3 is 2.53 bits per heavy atom. The maximum atomic E-state index is 5.92. The van der Waals surface area contributed by atoms with Crippen LogP contribution in [-0.4, -0.2) is 6.61 Å². The lowest BCUT2D eigenvalue weighted by atomic mass is 10.0. The van der Waals surface area contributed by atoms with Crippen molar-refractivity contribution in [2.45, 2.75) is 32.8 Å². The van der Waals surface area contributed by atoms with Crippen LogP contribution in [0, 0.1) is 0 Å². The minimum atomic E-state index is 0.0978. The minimum absolute atomic E-state index is 0.0978. The van der Waals surface area contributed by atoms with E-state index in [0.29, 0.717) is 12.3 Å². The topological polar surface area (TPSA) is 61.3 Å². The number of hydrogen-bond acceptors (Lipinski definition) is 3. The first kappa shape index (κ1) is 11.9. The molecule has 0 aliphatic carbocycles. The fourth-order valence-electron chi connectivity index (χ4n) is 1.68. The van der Waals surface area contributed by atoms with Gasteiger partial charge in [0.05, 0.1) is 6.10 Å². The summed E-state index contributed by atoms with van der Waals surface area (Å²) in [5.74, 6) is 0. The van der Waals surface area contributed by atoms with Gasteiger partial charge >= 0.3 is 0 Å². The molecule has 0 bridgehead atoms. The number of nitrogen functional groups attached to an aromatic ring is 2. The van der Waals surface area contributed by atoms with E-state index >= 15 is 0 Å². The highest BCUT2D eigenvalue weighted by Gasteiger charge is 2.13. The number of hydrogen-bond donors (Lipinski definition) is 2. The molecule has 0 aliphatic heterocycles. The van der Waals surface area contributed by atoms with Crippen molar-refractivity contribution < 1.29 is 4.74 Å². The van der Waals surface area contributed by atoms with Gasteiger partial charge < -0.3 is 16.2 Å². The maximum absolute atomic E-state index is 5.92. The molecule has 0 saturated heterocycles. The Kier molecular flexibility index (Phi) is 4.43. The highest BCUT2D eigenvalue weighted by atomic mass is 16.5. The third kappa shape index (κ3) is 3.13. The predicted octanol–water partition coefficient (Wildman–Crippen LogP) is 2.73. The van der Waals surface area contributed by atoms with Crippen LogP contribution < -0.4 is 11.5 Å². The van der Waals surface area contributed by atoms with E-state index in [2.05, 4.69) is 6.92 Å². The Morgan fingerprint density at radius 2 is 2.00 bits per heavy atom. The lowest BCUT2D eigenvalue weighted by Gasteiger charge is -2.18. The van der Waals surface area contributed by atoms with Crippen molar-refractivity contribution in [1.29, 1.82) is 0 Å². The Bertz CT molecular complexity index is 306. The Hall–Kier alpha value is -1.22. The maximum Gasteiger partial charge on any atom is 0.0844 e. The van der Waals surface area contributed by atoms with Crippen molar-refractivity contribution in [3.8, 4) is 0 Å². The van der Waals surface area contributed by atoms with Crippen LogP contribution in [-0.2, 0) is 4.74 Å². The quantitative estimate of drug-likeness (QED) is 0.731. The molecule has 1 rings (SSSR count). The van der Waals surface area contributed by atoms with Crippen molar-refractivity contribution in [3.05, 3.63) is 23.8 Å². The van der Waals surface area contributed by atoms with Crippen LogP contribution in [0.2, 0.25) is 0 Å². The molecule has 1 atom stereocenters. The highest BCUT2D eigenvalue weighted by molar-refractivity contribution is 5.57. The summed E-state index contributed by atoms with van der Waals surface area (Å²) in [5.41, 5.74) is 14.0. The summed E-state index contributed by atoms with van der Waals surface area (Å²) in [7, 11) is 0. The minimum Gasteiger partial charge on any atom is -0.399 e. The van der Waals surface area contributed by atoms with Gasteiger partial charge in [0.15, 0.2) is 0 Å². The fourth-order valence-corrected chi connectivity index (χ4v) is 1.68. The van der Waals surface area contributed by atoms with Crippen LogP contribution in [0.4, 0.5) is 11.4 Å². The van der Waals surface area contributed by atoms with Crippen molar-refractivity contribution in [1.82, 2.24) is 0 Å². The molecule has 15 heavy (non-hydrogen) atoms. The third-order valence-corrected chi connectivity index (χ3v) is 2.38. The van der Waals surface area contributed by atoms with E-state index in [-0.39, 0.29) is 6.10 Å². The summed E-state index contributed by atoms with van der Waals surface area (Å²) in [6, 6.07) is 5.62. The molecule has 0 aromatic heterocycles. The second-order valence-electron chi connectivity index (χ2n) is 3.62. The molecule has 0 aliphatic rings. The molecule has 3 heteroatoms. The van der Waals surface area contributed by atoms with Gasteiger partial charge in [0, 0.05) is 23.5 Å². The number of rotatable bonds is 5. The summed E-state index contributed by atoms with van der Waals surface area (Å²) in [6.45, 7) is 4.84. The summed E-state index contributed by atoms with van der Waals surface area (Å²) >= 11 is 0. The van der Waals surface area contributed by atoms with Gasteiger partial charge in [0.2, 0.25) is 0 Å². The van der Waals surface area contributed by atoms with Gasteiger partial charge in [-0.3, -0.25) is 0 Å². The number of ether oxygens (including phenoxy) is 1. The van der Waals surface area contributed by atoms with Crippen LogP contribution in [0.15, 0.2) is 18.2 Å². The molecule has 4 N–H and O–H groups in total. The smallest absolute Gasteiger partial charge is 0.0844 e. The lowest BCUT2D eigenvalue weighted by Crippen LogP contribution is -2.07. The zero-order chi connectivity index (χ0) is 11.3. The van der Waals surface area contributed by atoms with Gasteiger partial charge in [-0.1, -0.05) is 19.4 Å². The van der Waals surface area contributed by atoms with Crippen molar-refractivity contribution in [3.63, 3.8) is 0 Å². The lowest BCUT2D eigenvalue weighted by molar-refractivity contribution is 0.0562. The summed E-state index contributed by atoms with van der Waals surface area (Å²) in [5, 5.41) is 0. The van der Waals surface area contributed by atoms with E-state index in [1.807, 2.05) is 19.1 Å². The zero-order valence-corrected chi connectivity index (χ0v) is 9.49. The fraction of sp³-hybridized carbons (Fsp3) is 0.500. The van der Waals surface area contributed by atoms with Crippen LogP contribution in [0.1, 0.15) is 38.4 Å². The largest absolute Gasteiger partial charge is 0.399 e. The summed E-state index contributed by atoms with van der Waals surface area (Å²) in [4.78, 5) is 0. The van der Waals surface area contributed by atoms with Crippen LogP contribution in [0.25, 0.3) is 0 Å². The van der Waals surface area contributed by atoms with E-state index in [4.69, 9.17) is 16.2 Å². The Labute approximate surface area is 91.4 Å². The second-order valence-corrected chi connectivity index (χ2v) is 3.62. The van der Waals surface area contributed by atoms with Gasteiger partial charge in [-0.15, -0.1) is 0 Å². The standard InChI is InChI=1S/C12H20N2O/c1-3-5-12(15-4-2)10-7-6-9(13)8-11(10)14/h6-8,12H,3-5,13-14H2,1-2H3. The monoisotopic (exact) mass is 208 g/mol. The Morgan fingerprint density at radius 1 is 1.27 bits per heavy atom. The first-order valence-electron chi connectivity index (χ1n) is 5.45. The molecule has 0 amide bonds. The molecular formula is C12H20N2O. The number of benzene rings is 1. The molecule has 3 nitrogen and oxygen atoms in total. The van der Waals surface area contributed by atoms with E-state index in [0.717, 1.165) is 24.1 Å². The van der Waals surface area contributed by atoms with Crippen molar-refractivity contribution in [2.75, 3.05) is 18.1 Å². The van der Waals surface area contributed by atoms with E-state index in [1.54, 1.807) is 6.07 Å². The molecule has 1 unspecified atom stereocenters. The van der Waals surface area contributed by atoms with Crippen molar-refractivity contribution >= 4 is 11.4 Å². The average molecular weight is 208 g/mol. The highest BCUT2D eigenvalue weighted by Crippen LogP contribution is 2.28. The summed E-state index contributed by atoms with van der Waals surface area (Å²) < 4.78 is 5.67. The van der Waals surface area contributed by atoms with Gasteiger partial charge in [0.1, 0.15) is 0 Å². The summed E-state index contributed by atoms with van der Waals surface area (Å²) in [6.07, 6.45) is 2.16. The third-order valence-electron chi connectivity index (χ3n) is 2.38. The molecule has 0 fully saturated rings. The average Bonchev–Trinajstić information content (AvgIpc) is 2.17. The molecular weight excluding hydrogens is 188 g/mol. The van der Waals surface area contributed by atoms with E-state index < -0.39 is 0 Å². The van der Waals surface area contributed by atoms with E-state index in [9.17, 15) is 0 Å². The Balaban J connectivity index is 2.89. The van der Waals surface area contributed by atoms with Crippen LogP contribution in [0.3, 0.4) is 0 Å².